The molecule has 1 saturated carbocycles. The summed E-state index contributed by atoms with van der Waals surface area (Å²) in [6, 6.07) is 17.6. The summed E-state index contributed by atoms with van der Waals surface area (Å²) in [5.74, 6) is 0.424. The molecule has 0 spiro atoms. The van der Waals surface area contributed by atoms with E-state index in [4.69, 9.17) is 4.52 Å². The molecule has 6 rings (SSSR count). The average Bonchev–Trinajstić information content (AvgIpc) is 3.45. The van der Waals surface area contributed by atoms with E-state index in [1.165, 1.54) is 0 Å². The van der Waals surface area contributed by atoms with Gasteiger partial charge < -0.3 is 9.84 Å². The van der Waals surface area contributed by atoms with Gasteiger partial charge in [-0.15, -0.1) is 5.10 Å². The number of amides is 1. The lowest BCUT2D eigenvalue weighted by Gasteiger charge is -2.10. The molecule has 168 valence electrons. The predicted octanol–water partition coefficient (Wildman–Crippen LogP) is 4.75. The molecule has 1 fully saturated rings. The van der Waals surface area contributed by atoms with Crippen LogP contribution in [0.5, 0.6) is 0 Å². The van der Waals surface area contributed by atoms with Crippen molar-refractivity contribution in [3.63, 3.8) is 0 Å². The van der Waals surface area contributed by atoms with E-state index in [-0.39, 0.29) is 5.91 Å². The van der Waals surface area contributed by atoms with Gasteiger partial charge >= 0.3 is 0 Å². The monoisotopic (exact) mass is 451 g/mol. The first-order valence-corrected chi connectivity index (χ1v) is 11.1. The number of carbonyl (C=O) groups is 1. The van der Waals surface area contributed by atoms with Gasteiger partial charge in [0.05, 0.1) is 28.4 Å². The van der Waals surface area contributed by atoms with Gasteiger partial charge in [0.15, 0.2) is 5.82 Å². The predicted molar refractivity (Wildman–Crippen MR) is 126 cm³/mol. The Bertz CT molecular complexity index is 1530. The van der Waals surface area contributed by atoms with Crippen LogP contribution >= 0.6 is 0 Å². The first-order valence-electron chi connectivity index (χ1n) is 11.1. The van der Waals surface area contributed by atoms with E-state index >= 15 is 0 Å². The number of tetrazole rings is 1. The minimum Gasteiger partial charge on any atom is -0.335 e. The highest BCUT2D eigenvalue weighted by atomic mass is 16.5. The molecule has 0 saturated heterocycles. The number of aromatic nitrogens is 6. The minimum atomic E-state index is -0.272. The molecule has 1 aliphatic carbocycles. The summed E-state index contributed by atoms with van der Waals surface area (Å²) in [5, 5.41) is 19.8. The maximum atomic E-state index is 13.4. The number of fused-ring (bicyclic) bond motifs is 1. The summed E-state index contributed by atoms with van der Waals surface area (Å²) in [6.07, 6.45) is 2.15. The van der Waals surface area contributed by atoms with Crippen molar-refractivity contribution in [3.05, 3.63) is 71.4 Å². The minimum absolute atomic E-state index is 0.272. The van der Waals surface area contributed by atoms with Crippen molar-refractivity contribution in [2.24, 2.45) is 0 Å². The summed E-state index contributed by atoms with van der Waals surface area (Å²) < 4.78 is 7.27. The van der Waals surface area contributed by atoms with E-state index in [0.717, 1.165) is 29.5 Å². The molecule has 0 atom stereocenters. The second-order valence-electron chi connectivity index (χ2n) is 8.58. The van der Waals surface area contributed by atoms with Crippen LogP contribution in [0.15, 0.2) is 59.1 Å². The summed E-state index contributed by atoms with van der Waals surface area (Å²) in [6.45, 7) is 3.82. The highest BCUT2D eigenvalue weighted by Crippen LogP contribution is 2.37. The van der Waals surface area contributed by atoms with Crippen LogP contribution in [0.25, 0.3) is 33.7 Å². The van der Waals surface area contributed by atoms with Crippen molar-refractivity contribution in [2.75, 3.05) is 5.32 Å². The lowest BCUT2D eigenvalue weighted by Crippen LogP contribution is -2.13. The van der Waals surface area contributed by atoms with Gasteiger partial charge in [-0.3, -0.25) is 4.79 Å². The zero-order chi connectivity index (χ0) is 23.2. The SMILES string of the molecule is Cc1ccc(-c2cc(C(=O)Nc3cccc(-c4nnnn4C4CC4)c3)c3c(C)noc3n2)cc1. The van der Waals surface area contributed by atoms with E-state index in [2.05, 4.69) is 31.0 Å². The number of hydrogen-bond acceptors (Lipinski definition) is 7. The van der Waals surface area contributed by atoms with Crippen LogP contribution in [0.2, 0.25) is 0 Å². The molecule has 1 aliphatic rings. The average molecular weight is 451 g/mol. The molecular formula is C25H21N7O2. The van der Waals surface area contributed by atoms with Gasteiger partial charge in [0.25, 0.3) is 11.6 Å². The Morgan fingerprint density at radius 2 is 1.88 bits per heavy atom. The van der Waals surface area contributed by atoms with Crippen LogP contribution in [0.3, 0.4) is 0 Å². The normalized spacial score (nSPS) is 13.4. The molecule has 9 heteroatoms. The van der Waals surface area contributed by atoms with Gasteiger partial charge in [0, 0.05) is 16.8 Å². The molecule has 0 radical (unpaired) electrons. The number of aryl methyl sites for hydroxylation is 2. The third-order valence-corrected chi connectivity index (χ3v) is 5.97. The van der Waals surface area contributed by atoms with Gasteiger partial charge in [0.1, 0.15) is 0 Å². The Balaban J connectivity index is 1.36. The Morgan fingerprint density at radius 3 is 2.68 bits per heavy atom. The zero-order valence-electron chi connectivity index (χ0n) is 18.7. The lowest BCUT2D eigenvalue weighted by atomic mass is 10.0. The first-order chi connectivity index (χ1) is 16.6. The third-order valence-electron chi connectivity index (χ3n) is 5.97. The number of nitrogens with one attached hydrogen (secondary N) is 1. The van der Waals surface area contributed by atoms with Gasteiger partial charge in [-0.05, 0) is 55.3 Å². The number of pyridine rings is 1. The second kappa shape index (κ2) is 7.87. The van der Waals surface area contributed by atoms with Crippen molar-refractivity contribution in [1.82, 2.24) is 30.3 Å². The Kier molecular flexibility index (Phi) is 4.68. The van der Waals surface area contributed by atoms with Crippen LogP contribution in [0, 0.1) is 13.8 Å². The molecule has 34 heavy (non-hydrogen) atoms. The number of hydrogen-bond donors (Lipinski definition) is 1. The molecule has 0 aliphatic heterocycles. The standard InChI is InChI=1S/C25H21N7O2/c1-14-6-8-16(9-7-14)21-13-20(22-15(2)29-34-25(22)27-21)24(33)26-18-5-3-4-17(12-18)23-28-30-31-32(23)19-10-11-19/h3-9,12-13,19H,10-11H2,1-2H3,(H,26,33). The van der Waals surface area contributed by atoms with Crippen LogP contribution in [0.1, 0.15) is 40.5 Å². The number of anilines is 1. The van der Waals surface area contributed by atoms with E-state index in [1.54, 1.807) is 13.0 Å². The Morgan fingerprint density at radius 1 is 1.06 bits per heavy atom. The smallest absolute Gasteiger partial charge is 0.259 e. The van der Waals surface area contributed by atoms with Crippen LogP contribution < -0.4 is 5.32 Å². The fourth-order valence-corrected chi connectivity index (χ4v) is 4.03. The molecule has 1 N–H and O–H groups in total. The quantitative estimate of drug-likeness (QED) is 0.410. The largest absolute Gasteiger partial charge is 0.335 e. The van der Waals surface area contributed by atoms with E-state index in [0.29, 0.717) is 45.6 Å². The third kappa shape index (κ3) is 3.61. The molecule has 2 aromatic carbocycles. The zero-order valence-corrected chi connectivity index (χ0v) is 18.7. The molecule has 0 bridgehead atoms. The molecule has 3 heterocycles. The number of carbonyl (C=O) groups excluding carboxylic acids is 1. The molecular weight excluding hydrogens is 430 g/mol. The van der Waals surface area contributed by atoms with Crippen molar-refractivity contribution in [3.8, 4) is 22.6 Å². The van der Waals surface area contributed by atoms with Gasteiger partial charge in [0.2, 0.25) is 0 Å². The summed E-state index contributed by atoms with van der Waals surface area (Å²) in [7, 11) is 0. The van der Waals surface area contributed by atoms with Crippen LogP contribution in [-0.4, -0.2) is 36.3 Å². The summed E-state index contributed by atoms with van der Waals surface area (Å²) in [5.41, 5.74) is 5.56. The number of rotatable bonds is 5. The van der Waals surface area contributed by atoms with E-state index < -0.39 is 0 Å². The molecule has 5 aromatic rings. The lowest BCUT2D eigenvalue weighted by molar-refractivity contribution is 0.102. The van der Waals surface area contributed by atoms with Crippen LogP contribution in [0.4, 0.5) is 5.69 Å². The highest BCUT2D eigenvalue weighted by molar-refractivity contribution is 6.13. The summed E-state index contributed by atoms with van der Waals surface area (Å²) >= 11 is 0. The van der Waals surface area contributed by atoms with Crippen molar-refractivity contribution < 1.29 is 9.32 Å². The number of nitrogens with zero attached hydrogens (tertiary/aromatic N) is 6. The van der Waals surface area contributed by atoms with Gasteiger partial charge in [-0.2, -0.15) is 0 Å². The van der Waals surface area contributed by atoms with Gasteiger partial charge in [-0.25, -0.2) is 9.67 Å². The fraction of sp³-hybridized carbons (Fsp3) is 0.200. The molecule has 1 amide bonds. The molecule has 3 aromatic heterocycles. The van der Waals surface area contributed by atoms with Gasteiger partial charge in [-0.1, -0.05) is 47.1 Å². The highest BCUT2D eigenvalue weighted by Gasteiger charge is 2.28. The molecule has 9 nitrogen and oxygen atoms in total. The van der Waals surface area contributed by atoms with Crippen molar-refractivity contribution >= 4 is 22.7 Å². The topological polar surface area (TPSA) is 112 Å². The molecule has 0 unspecified atom stereocenters. The fourth-order valence-electron chi connectivity index (χ4n) is 4.03. The van der Waals surface area contributed by atoms with E-state index in [9.17, 15) is 4.79 Å². The maximum Gasteiger partial charge on any atom is 0.259 e. The second-order valence-corrected chi connectivity index (χ2v) is 8.58. The van der Waals surface area contributed by atoms with Crippen molar-refractivity contribution in [2.45, 2.75) is 32.7 Å². The van der Waals surface area contributed by atoms with E-state index in [1.807, 2.05) is 60.1 Å². The number of benzene rings is 2. The summed E-state index contributed by atoms with van der Waals surface area (Å²) in [4.78, 5) is 18.0. The Hall–Kier alpha value is -4.40. The Labute approximate surface area is 194 Å². The first kappa shape index (κ1) is 20.2. The maximum absolute atomic E-state index is 13.4. The van der Waals surface area contributed by atoms with Crippen LogP contribution in [-0.2, 0) is 0 Å². The van der Waals surface area contributed by atoms with Crippen molar-refractivity contribution in [1.29, 1.82) is 0 Å².